The van der Waals surface area contributed by atoms with Gasteiger partial charge < -0.3 is 19.8 Å². The van der Waals surface area contributed by atoms with Gasteiger partial charge in [0.1, 0.15) is 0 Å². The van der Waals surface area contributed by atoms with E-state index in [-0.39, 0.29) is 6.10 Å². The van der Waals surface area contributed by atoms with Crippen molar-refractivity contribution in [1.29, 1.82) is 0 Å². The maximum absolute atomic E-state index is 9.25. The molecule has 0 saturated carbocycles. The molecule has 0 aromatic carbocycles. The SMILES string of the molecule is CC.CO.C[C@@H]1C[C@H](N(C)C)C[C@H](O)O1. The quantitative estimate of drug-likeness (QED) is 0.695. The molecule has 1 aliphatic rings. The van der Waals surface area contributed by atoms with Gasteiger partial charge in [0.05, 0.1) is 6.10 Å². The van der Waals surface area contributed by atoms with Crippen molar-refractivity contribution in [3.8, 4) is 0 Å². The zero-order valence-corrected chi connectivity index (χ0v) is 10.9. The minimum atomic E-state index is -0.564. The molecule has 0 radical (unpaired) electrons. The zero-order chi connectivity index (χ0) is 12.4. The van der Waals surface area contributed by atoms with Gasteiger partial charge in [-0.3, -0.25) is 0 Å². The van der Waals surface area contributed by atoms with E-state index in [2.05, 4.69) is 4.90 Å². The molecule has 94 valence electrons. The molecule has 0 aromatic heterocycles. The van der Waals surface area contributed by atoms with Crippen LogP contribution in [0.5, 0.6) is 0 Å². The first-order valence-corrected chi connectivity index (χ1v) is 5.54. The number of aliphatic hydroxyl groups is 2. The average Bonchev–Trinajstić information content (AvgIpc) is 2.22. The van der Waals surface area contributed by atoms with Crippen molar-refractivity contribution < 1.29 is 14.9 Å². The summed E-state index contributed by atoms with van der Waals surface area (Å²) in [4.78, 5) is 2.14. The lowest BCUT2D eigenvalue weighted by Gasteiger charge is -2.34. The molecule has 0 spiro atoms. The highest BCUT2D eigenvalue weighted by atomic mass is 16.6. The standard InChI is InChI=1S/C8H17NO2.C2H6.CH4O/c1-6-4-7(9(2)3)5-8(10)11-6;2*1-2/h6-8,10H,4-5H2,1-3H3;1-2H3;2H,1H3/t6-,7+,8-;;/m1../s1. The van der Waals surface area contributed by atoms with Gasteiger partial charge in [-0.15, -0.1) is 0 Å². The van der Waals surface area contributed by atoms with Crippen molar-refractivity contribution in [2.45, 2.75) is 52.0 Å². The van der Waals surface area contributed by atoms with Crippen LogP contribution >= 0.6 is 0 Å². The summed E-state index contributed by atoms with van der Waals surface area (Å²) < 4.78 is 5.20. The van der Waals surface area contributed by atoms with Crippen LogP contribution < -0.4 is 0 Å². The molecular formula is C11H27NO3. The molecule has 2 N–H and O–H groups in total. The number of nitrogens with zero attached hydrogens (tertiary/aromatic N) is 1. The van der Waals surface area contributed by atoms with Gasteiger partial charge in [-0.05, 0) is 27.4 Å². The third-order valence-corrected chi connectivity index (χ3v) is 2.20. The summed E-state index contributed by atoms with van der Waals surface area (Å²) in [5, 5.41) is 16.2. The molecule has 1 saturated heterocycles. The van der Waals surface area contributed by atoms with Gasteiger partial charge in [-0.2, -0.15) is 0 Å². The average molecular weight is 221 g/mol. The first kappa shape index (κ1) is 17.2. The summed E-state index contributed by atoms with van der Waals surface area (Å²) in [5.74, 6) is 0. The van der Waals surface area contributed by atoms with E-state index in [4.69, 9.17) is 9.84 Å². The summed E-state index contributed by atoms with van der Waals surface area (Å²) in [6.45, 7) is 6.00. The topological polar surface area (TPSA) is 52.9 Å². The predicted octanol–water partition coefficient (Wildman–Crippen LogP) is 1.07. The molecule has 4 heteroatoms. The molecule has 0 aliphatic carbocycles. The Morgan fingerprint density at radius 1 is 1.13 bits per heavy atom. The molecule has 1 rings (SSSR count). The van der Waals surface area contributed by atoms with Crippen molar-refractivity contribution in [2.75, 3.05) is 21.2 Å². The van der Waals surface area contributed by atoms with E-state index in [1.54, 1.807) is 0 Å². The maximum Gasteiger partial charge on any atom is 0.156 e. The van der Waals surface area contributed by atoms with Gasteiger partial charge in [0, 0.05) is 19.6 Å². The fourth-order valence-electron chi connectivity index (χ4n) is 1.51. The molecule has 0 aromatic rings. The van der Waals surface area contributed by atoms with Crippen LogP contribution in [0, 0.1) is 0 Å². The number of aliphatic hydroxyl groups excluding tert-OH is 2. The second-order valence-electron chi connectivity index (χ2n) is 3.49. The lowest BCUT2D eigenvalue weighted by molar-refractivity contribution is -0.172. The van der Waals surface area contributed by atoms with E-state index >= 15 is 0 Å². The van der Waals surface area contributed by atoms with Gasteiger partial charge in [0.25, 0.3) is 0 Å². The fraction of sp³-hybridized carbons (Fsp3) is 1.00. The van der Waals surface area contributed by atoms with Crippen LogP contribution in [0.4, 0.5) is 0 Å². The minimum absolute atomic E-state index is 0.186. The normalized spacial score (nSPS) is 29.8. The van der Waals surface area contributed by atoms with E-state index in [9.17, 15) is 5.11 Å². The fourth-order valence-corrected chi connectivity index (χ4v) is 1.51. The number of hydrogen-bond donors (Lipinski definition) is 2. The molecule has 15 heavy (non-hydrogen) atoms. The lowest BCUT2D eigenvalue weighted by Crippen LogP contribution is -2.41. The van der Waals surface area contributed by atoms with E-state index < -0.39 is 6.29 Å². The Bertz CT molecular complexity index is 121. The van der Waals surface area contributed by atoms with E-state index in [1.807, 2.05) is 34.9 Å². The Kier molecular flexibility index (Phi) is 11.9. The lowest BCUT2D eigenvalue weighted by atomic mass is 10.0. The van der Waals surface area contributed by atoms with Crippen LogP contribution in [0.25, 0.3) is 0 Å². The van der Waals surface area contributed by atoms with Crippen molar-refractivity contribution >= 4 is 0 Å². The van der Waals surface area contributed by atoms with Gasteiger partial charge in [-0.1, -0.05) is 13.8 Å². The third kappa shape index (κ3) is 7.73. The van der Waals surface area contributed by atoms with Crippen molar-refractivity contribution in [1.82, 2.24) is 4.90 Å². The molecule has 1 aliphatic heterocycles. The van der Waals surface area contributed by atoms with Crippen molar-refractivity contribution in [2.24, 2.45) is 0 Å². The van der Waals surface area contributed by atoms with Crippen molar-refractivity contribution in [3.05, 3.63) is 0 Å². The Labute approximate surface area is 93.9 Å². The molecule has 1 fully saturated rings. The van der Waals surface area contributed by atoms with Crippen LogP contribution in [-0.4, -0.2) is 54.8 Å². The van der Waals surface area contributed by atoms with Gasteiger partial charge >= 0.3 is 0 Å². The Hall–Kier alpha value is -0.160. The Balaban J connectivity index is 0. The molecule has 0 unspecified atom stereocenters. The highest BCUT2D eigenvalue weighted by Crippen LogP contribution is 2.20. The number of hydrogen-bond acceptors (Lipinski definition) is 4. The highest BCUT2D eigenvalue weighted by molar-refractivity contribution is 4.75. The molecule has 1 heterocycles. The van der Waals surface area contributed by atoms with Crippen LogP contribution in [0.1, 0.15) is 33.6 Å². The van der Waals surface area contributed by atoms with E-state index in [0.717, 1.165) is 20.0 Å². The zero-order valence-electron chi connectivity index (χ0n) is 10.9. The number of rotatable bonds is 1. The summed E-state index contributed by atoms with van der Waals surface area (Å²) in [6.07, 6.45) is 1.37. The number of ether oxygens (including phenoxy) is 1. The molecule has 4 nitrogen and oxygen atoms in total. The van der Waals surface area contributed by atoms with Gasteiger partial charge in [-0.25, -0.2) is 0 Å². The monoisotopic (exact) mass is 221 g/mol. The summed E-state index contributed by atoms with van der Waals surface area (Å²) in [6, 6.07) is 0.466. The first-order chi connectivity index (χ1) is 7.09. The molecule has 0 amide bonds. The molecule has 3 atom stereocenters. The summed E-state index contributed by atoms with van der Waals surface area (Å²) >= 11 is 0. The molecular weight excluding hydrogens is 194 g/mol. The second kappa shape index (κ2) is 10.4. The smallest absolute Gasteiger partial charge is 0.156 e. The predicted molar refractivity (Wildman–Crippen MR) is 62.8 cm³/mol. The maximum atomic E-state index is 9.25. The van der Waals surface area contributed by atoms with Crippen molar-refractivity contribution in [3.63, 3.8) is 0 Å². The van der Waals surface area contributed by atoms with Gasteiger partial charge in [0.15, 0.2) is 6.29 Å². The second-order valence-corrected chi connectivity index (χ2v) is 3.49. The Morgan fingerprint density at radius 2 is 1.60 bits per heavy atom. The van der Waals surface area contributed by atoms with E-state index in [1.165, 1.54) is 0 Å². The molecule has 0 bridgehead atoms. The van der Waals surface area contributed by atoms with Crippen LogP contribution in [-0.2, 0) is 4.74 Å². The minimum Gasteiger partial charge on any atom is -0.400 e. The summed E-state index contributed by atoms with van der Waals surface area (Å²) in [7, 11) is 5.07. The van der Waals surface area contributed by atoms with Crippen LogP contribution in [0.15, 0.2) is 0 Å². The van der Waals surface area contributed by atoms with Crippen LogP contribution in [0.2, 0.25) is 0 Å². The third-order valence-electron chi connectivity index (χ3n) is 2.20. The van der Waals surface area contributed by atoms with E-state index in [0.29, 0.717) is 6.04 Å². The first-order valence-electron chi connectivity index (χ1n) is 5.54. The van der Waals surface area contributed by atoms with Gasteiger partial charge in [0.2, 0.25) is 0 Å². The largest absolute Gasteiger partial charge is 0.400 e. The highest BCUT2D eigenvalue weighted by Gasteiger charge is 2.26. The summed E-state index contributed by atoms with van der Waals surface area (Å²) in [5.41, 5.74) is 0. The Morgan fingerprint density at radius 3 is 1.93 bits per heavy atom. The van der Waals surface area contributed by atoms with Crippen LogP contribution in [0.3, 0.4) is 0 Å².